The Labute approximate surface area is 117 Å². The molecule has 2 rings (SSSR count). The van der Waals surface area contributed by atoms with Crippen molar-refractivity contribution in [3.8, 4) is 5.88 Å². The summed E-state index contributed by atoms with van der Waals surface area (Å²) in [6, 6.07) is 6.28. The van der Waals surface area contributed by atoms with Gasteiger partial charge in [-0.2, -0.15) is 4.98 Å². The highest BCUT2D eigenvalue weighted by Gasteiger charge is 2.16. The molecular formula is C14H17FN4O. The van der Waals surface area contributed by atoms with E-state index in [-0.39, 0.29) is 5.82 Å². The number of anilines is 3. The Bertz CT molecular complexity index is 591. The minimum atomic E-state index is -0.307. The maximum Gasteiger partial charge on any atom is 0.242 e. The number of aromatic nitrogens is 2. The zero-order chi connectivity index (χ0) is 14.5. The molecule has 2 N–H and O–H groups in total. The lowest BCUT2D eigenvalue weighted by molar-refractivity contribution is 0.328. The summed E-state index contributed by atoms with van der Waals surface area (Å²) < 4.78 is 18.7. The molecule has 0 saturated heterocycles. The van der Waals surface area contributed by atoms with Crippen LogP contribution >= 0.6 is 0 Å². The molecule has 0 radical (unpaired) electrons. The van der Waals surface area contributed by atoms with Gasteiger partial charge >= 0.3 is 0 Å². The summed E-state index contributed by atoms with van der Waals surface area (Å²) in [5.41, 5.74) is 7.06. The minimum Gasteiger partial charge on any atom is -0.476 e. The standard InChI is InChI=1S/C14H17FN4O/c1-3-19(11-7-5-6-10(15)8-11)13-12(16)14(20-4-2)18-9-17-13/h5-9H,3-4,16H2,1-2H3. The van der Waals surface area contributed by atoms with Gasteiger partial charge in [-0.15, -0.1) is 0 Å². The maximum absolute atomic E-state index is 13.4. The van der Waals surface area contributed by atoms with E-state index >= 15 is 0 Å². The number of ether oxygens (including phenoxy) is 1. The van der Waals surface area contributed by atoms with Gasteiger partial charge in [-0.1, -0.05) is 6.07 Å². The van der Waals surface area contributed by atoms with Crippen LogP contribution in [0.2, 0.25) is 0 Å². The first-order valence-electron chi connectivity index (χ1n) is 6.43. The van der Waals surface area contributed by atoms with Gasteiger partial charge in [0.2, 0.25) is 5.88 Å². The maximum atomic E-state index is 13.4. The molecule has 0 aliphatic carbocycles. The van der Waals surface area contributed by atoms with Crippen molar-refractivity contribution in [1.82, 2.24) is 9.97 Å². The lowest BCUT2D eigenvalue weighted by Crippen LogP contribution is -2.19. The molecule has 1 aromatic carbocycles. The van der Waals surface area contributed by atoms with E-state index in [1.54, 1.807) is 12.1 Å². The van der Waals surface area contributed by atoms with Crippen LogP contribution in [0.5, 0.6) is 5.88 Å². The van der Waals surface area contributed by atoms with Crippen molar-refractivity contribution >= 4 is 17.2 Å². The summed E-state index contributed by atoms with van der Waals surface area (Å²) in [6.45, 7) is 4.85. The zero-order valence-electron chi connectivity index (χ0n) is 11.5. The van der Waals surface area contributed by atoms with Crippen molar-refractivity contribution in [2.24, 2.45) is 0 Å². The summed E-state index contributed by atoms with van der Waals surface area (Å²) in [7, 11) is 0. The highest BCUT2D eigenvalue weighted by atomic mass is 19.1. The van der Waals surface area contributed by atoms with Crippen molar-refractivity contribution in [2.75, 3.05) is 23.8 Å². The van der Waals surface area contributed by atoms with Crippen LogP contribution in [0.4, 0.5) is 21.6 Å². The fourth-order valence-corrected chi connectivity index (χ4v) is 1.94. The van der Waals surface area contributed by atoms with Crippen molar-refractivity contribution in [2.45, 2.75) is 13.8 Å². The predicted molar refractivity (Wildman–Crippen MR) is 76.7 cm³/mol. The second kappa shape index (κ2) is 6.18. The van der Waals surface area contributed by atoms with E-state index in [9.17, 15) is 4.39 Å². The van der Waals surface area contributed by atoms with E-state index in [0.29, 0.717) is 36.2 Å². The quantitative estimate of drug-likeness (QED) is 0.909. The number of halogens is 1. The van der Waals surface area contributed by atoms with Gasteiger partial charge in [0.25, 0.3) is 0 Å². The van der Waals surface area contributed by atoms with Crippen molar-refractivity contribution in [3.63, 3.8) is 0 Å². The summed E-state index contributed by atoms with van der Waals surface area (Å²) in [5.74, 6) is 0.544. The Kier molecular flexibility index (Phi) is 4.34. The van der Waals surface area contributed by atoms with Crippen LogP contribution in [-0.4, -0.2) is 23.1 Å². The molecule has 0 spiro atoms. The average Bonchev–Trinajstić information content (AvgIpc) is 2.44. The van der Waals surface area contributed by atoms with Crippen LogP contribution in [0, 0.1) is 5.82 Å². The predicted octanol–water partition coefficient (Wildman–Crippen LogP) is 2.75. The molecule has 0 amide bonds. The molecule has 0 bridgehead atoms. The van der Waals surface area contributed by atoms with E-state index in [4.69, 9.17) is 10.5 Å². The van der Waals surface area contributed by atoms with E-state index < -0.39 is 0 Å². The molecule has 0 atom stereocenters. The Balaban J connectivity index is 2.44. The number of benzene rings is 1. The fraction of sp³-hybridized carbons (Fsp3) is 0.286. The third-order valence-corrected chi connectivity index (χ3v) is 2.80. The van der Waals surface area contributed by atoms with Gasteiger partial charge in [0.1, 0.15) is 17.8 Å². The van der Waals surface area contributed by atoms with Gasteiger partial charge in [0, 0.05) is 12.2 Å². The van der Waals surface area contributed by atoms with E-state index in [2.05, 4.69) is 9.97 Å². The van der Waals surface area contributed by atoms with Crippen LogP contribution < -0.4 is 15.4 Å². The Morgan fingerprint density at radius 2 is 2.10 bits per heavy atom. The molecule has 1 heterocycles. The number of rotatable bonds is 5. The second-order valence-corrected chi connectivity index (χ2v) is 4.07. The van der Waals surface area contributed by atoms with Crippen LogP contribution in [0.25, 0.3) is 0 Å². The first-order valence-corrected chi connectivity index (χ1v) is 6.43. The first kappa shape index (κ1) is 14.0. The highest BCUT2D eigenvalue weighted by Crippen LogP contribution is 2.32. The topological polar surface area (TPSA) is 64.3 Å². The number of hydrogen-bond acceptors (Lipinski definition) is 5. The SMILES string of the molecule is CCOc1ncnc(N(CC)c2cccc(F)c2)c1N. The van der Waals surface area contributed by atoms with Crippen LogP contribution in [0.3, 0.4) is 0 Å². The summed E-state index contributed by atoms with van der Waals surface area (Å²) >= 11 is 0. The van der Waals surface area contributed by atoms with Crippen LogP contribution in [-0.2, 0) is 0 Å². The van der Waals surface area contributed by atoms with Crippen LogP contribution in [0.15, 0.2) is 30.6 Å². The Hall–Kier alpha value is -2.37. The van der Waals surface area contributed by atoms with Gasteiger partial charge in [0.15, 0.2) is 5.82 Å². The molecule has 2 aromatic rings. The van der Waals surface area contributed by atoms with E-state index in [1.807, 2.05) is 18.7 Å². The van der Waals surface area contributed by atoms with Gasteiger partial charge in [-0.3, -0.25) is 0 Å². The van der Waals surface area contributed by atoms with Gasteiger partial charge in [0.05, 0.1) is 6.61 Å². The number of hydrogen-bond donors (Lipinski definition) is 1. The third kappa shape index (κ3) is 2.79. The molecule has 5 nitrogen and oxygen atoms in total. The van der Waals surface area contributed by atoms with E-state index in [1.165, 1.54) is 18.5 Å². The zero-order valence-corrected chi connectivity index (χ0v) is 11.5. The lowest BCUT2D eigenvalue weighted by Gasteiger charge is -2.23. The summed E-state index contributed by atoms with van der Waals surface area (Å²) in [4.78, 5) is 9.99. The molecule has 0 aliphatic rings. The largest absolute Gasteiger partial charge is 0.476 e. The van der Waals surface area contributed by atoms with Gasteiger partial charge < -0.3 is 15.4 Å². The average molecular weight is 276 g/mol. The van der Waals surface area contributed by atoms with Gasteiger partial charge in [-0.25, -0.2) is 9.37 Å². The number of nitrogens with zero attached hydrogens (tertiary/aromatic N) is 3. The number of nitrogen functional groups attached to an aromatic ring is 1. The molecular weight excluding hydrogens is 259 g/mol. The fourth-order valence-electron chi connectivity index (χ4n) is 1.94. The van der Waals surface area contributed by atoms with Crippen molar-refractivity contribution in [3.05, 3.63) is 36.4 Å². The Morgan fingerprint density at radius 3 is 2.75 bits per heavy atom. The summed E-state index contributed by atoms with van der Waals surface area (Å²) in [5, 5.41) is 0. The minimum absolute atomic E-state index is 0.307. The number of nitrogens with two attached hydrogens (primary N) is 1. The van der Waals surface area contributed by atoms with Crippen molar-refractivity contribution < 1.29 is 9.13 Å². The molecule has 106 valence electrons. The lowest BCUT2D eigenvalue weighted by atomic mass is 10.2. The molecule has 6 heteroatoms. The van der Waals surface area contributed by atoms with Crippen LogP contribution in [0.1, 0.15) is 13.8 Å². The monoisotopic (exact) mass is 276 g/mol. The molecule has 0 aliphatic heterocycles. The normalized spacial score (nSPS) is 10.3. The first-order chi connectivity index (χ1) is 9.67. The van der Waals surface area contributed by atoms with Gasteiger partial charge in [-0.05, 0) is 32.0 Å². The smallest absolute Gasteiger partial charge is 0.242 e. The molecule has 0 fully saturated rings. The molecule has 0 unspecified atom stereocenters. The molecule has 20 heavy (non-hydrogen) atoms. The molecule has 1 aromatic heterocycles. The highest BCUT2D eigenvalue weighted by molar-refractivity contribution is 5.74. The molecule has 0 saturated carbocycles. The van der Waals surface area contributed by atoms with E-state index in [0.717, 1.165) is 0 Å². The second-order valence-electron chi connectivity index (χ2n) is 4.07. The third-order valence-electron chi connectivity index (χ3n) is 2.80. The van der Waals surface area contributed by atoms with Crippen molar-refractivity contribution in [1.29, 1.82) is 0 Å². The summed E-state index contributed by atoms with van der Waals surface area (Å²) in [6.07, 6.45) is 1.39. The Morgan fingerprint density at radius 1 is 1.30 bits per heavy atom.